The molecule has 2 aromatic rings. The number of nitrogens with one attached hydrogen (secondary N) is 1. The number of hydrogen-bond donors (Lipinski definition) is 2. The SMILES string of the molecule is CC(=O)C(N)[C@@H]1CN(c2ccc(OCCC(C)(C)OC(=O)C3(OC(=O)CCC(=O)OCc4ccccc4)CCNCC3)c(F)c2)C(=O)O1. The number of nitrogens with two attached hydrogens (primary N) is 1. The summed E-state index contributed by atoms with van der Waals surface area (Å²) in [7, 11) is 0. The summed E-state index contributed by atoms with van der Waals surface area (Å²) in [6, 6.07) is 12.1. The Bertz CT molecular complexity index is 1480. The number of cyclic esters (lactones) is 1. The van der Waals surface area contributed by atoms with E-state index < -0.39 is 53.2 Å². The van der Waals surface area contributed by atoms with Crippen molar-refractivity contribution in [2.75, 3.05) is 31.1 Å². The average molecular weight is 672 g/mol. The largest absolute Gasteiger partial charge is 0.490 e. The fourth-order valence-corrected chi connectivity index (χ4v) is 5.18. The van der Waals surface area contributed by atoms with Crippen LogP contribution in [0.1, 0.15) is 58.4 Å². The summed E-state index contributed by atoms with van der Waals surface area (Å²) >= 11 is 0. The van der Waals surface area contributed by atoms with Crippen molar-refractivity contribution in [2.45, 2.75) is 82.8 Å². The van der Waals surface area contributed by atoms with Crippen molar-refractivity contribution in [3.8, 4) is 5.75 Å². The van der Waals surface area contributed by atoms with E-state index in [1.54, 1.807) is 13.8 Å². The van der Waals surface area contributed by atoms with E-state index in [0.717, 1.165) is 11.6 Å². The van der Waals surface area contributed by atoms with E-state index in [1.807, 2.05) is 30.3 Å². The molecule has 2 atom stereocenters. The number of nitrogens with zero attached hydrogens (tertiary/aromatic N) is 1. The molecule has 1 unspecified atom stereocenters. The number of hydrogen-bond acceptors (Lipinski definition) is 12. The van der Waals surface area contributed by atoms with Crippen LogP contribution in [0.5, 0.6) is 5.75 Å². The summed E-state index contributed by atoms with van der Waals surface area (Å²) in [5.74, 6) is -3.16. The molecule has 0 saturated carbocycles. The predicted octanol–water partition coefficient (Wildman–Crippen LogP) is 3.35. The van der Waals surface area contributed by atoms with Gasteiger partial charge in [0.05, 0.1) is 31.7 Å². The molecule has 0 radical (unpaired) electrons. The smallest absolute Gasteiger partial charge is 0.414 e. The van der Waals surface area contributed by atoms with Gasteiger partial charge in [-0.3, -0.25) is 19.3 Å². The molecule has 0 bridgehead atoms. The van der Waals surface area contributed by atoms with Gasteiger partial charge in [0, 0.05) is 25.3 Å². The summed E-state index contributed by atoms with van der Waals surface area (Å²) in [5, 5.41) is 3.13. The summed E-state index contributed by atoms with van der Waals surface area (Å²) in [5.41, 5.74) is 4.22. The van der Waals surface area contributed by atoms with Crippen molar-refractivity contribution < 1.29 is 52.0 Å². The molecule has 2 aliphatic rings. The van der Waals surface area contributed by atoms with E-state index in [1.165, 1.54) is 24.0 Å². The Morgan fingerprint density at radius 1 is 1.08 bits per heavy atom. The number of carbonyl (C=O) groups excluding carboxylic acids is 5. The Balaban J connectivity index is 1.27. The third-order valence-corrected chi connectivity index (χ3v) is 8.13. The van der Waals surface area contributed by atoms with Gasteiger partial charge in [0.25, 0.3) is 0 Å². The number of benzene rings is 2. The standard InChI is InChI=1S/C34H42FN3O10/c1-22(39)30(36)27-20-38(32(43)46-27)24-9-10-26(25(35)19-24)44-18-15-33(2,3)48-31(42)34(13-16-37-17-14-34)47-29(41)12-11-28(40)45-21-23-7-5-4-6-8-23/h4-10,19,27,30,37H,11-18,20-21,36H2,1-3H3/t27-,30?/m0/s1. The highest BCUT2D eigenvalue weighted by Crippen LogP contribution is 2.31. The Kier molecular flexibility index (Phi) is 12.1. The second kappa shape index (κ2) is 16.0. The number of carbonyl (C=O) groups is 5. The minimum absolute atomic E-state index is 0.00700. The summed E-state index contributed by atoms with van der Waals surface area (Å²) in [6.07, 6.45) is -1.51. The predicted molar refractivity (Wildman–Crippen MR) is 169 cm³/mol. The van der Waals surface area contributed by atoms with Gasteiger partial charge in [-0.05, 0) is 51.6 Å². The summed E-state index contributed by atoms with van der Waals surface area (Å²) < 4.78 is 42.4. The fourth-order valence-electron chi connectivity index (χ4n) is 5.18. The third-order valence-electron chi connectivity index (χ3n) is 8.13. The maximum Gasteiger partial charge on any atom is 0.414 e. The molecule has 2 aliphatic heterocycles. The van der Waals surface area contributed by atoms with E-state index in [4.69, 9.17) is 29.4 Å². The van der Waals surface area contributed by atoms with E-state index >= 15 is 0 Å². The molecule has 260 valence electrons. The first-order valence-corrected chi connectivity index (χ1v) is 15.8. The van der Waals surface area contributed by atoms with Crippen molar-refractivity contribution >= 4 is 35.5 Å². The second-order valence-electron chi connectivity index (χ2n) is 12.4. The number of rotatable bonds is 15. The monoisotopic (exact) mass is 671 g/mol. The number of halogens is 1. The Hall–Kier alpha value is -4.56. The molecule has 2 heterocycles. The Morgan fingerprint density at radius 3 is 2.44 bits per heavy atom. The molecule has 1 amide bonds. The fraction of sp³-hybridized carbons (Fsp3) is 0.500. The van der Waals surface area contributed by atoms with Crippen LogP contribution < -0.4 is 20.7 Å². The van der Waals surface area contributed by atoms with Gasteiger partial charge in [0.15, 0.2) is 11.6 Å². The van der Waals surface area contributed by atoms with Crippen LogP contribution in [0.4, 0.5) is 14.9 Å². The van der Waals surface area contributed by atoms with Gasteiger partial charge in [-0.15, -0.1) is 0 Å². The molecular weight excluding hydrogens is 629 g/mol. The summed E-state index contributed by atoms with van der Waals surface area (Å²) in [4.78, 5) is 63.5. The quantitative estimate of drug-likeness (QED) is 0.209. The average Bonchev–Trinajstić information content (AvgIpc) is 3.45. The highest BCUT2D eigenvalue weighted by atomic mass is 19.1. The zero-order valence-corrected chi connectivity index (χ0v) is 27.3. The lowest BCUT2D eigenvalue weighted by molar-refractivity contribution is -0.196. The van der Waals surface area contributed by atoms with Crippen molar-refractivity contribution in [1.29, 1.82) is 0 Å². The van der Waals surface area contributed by atoms with Gasteiger partial charge in [-0.25, -0.2) is 14.0 Å². The lowest BCUT2D eigenvalue weighted by atomic mass is 9.91. The first-order chi connectivity index (χ1) is 22.8. The van der Waals surface area contributed by atoms with Gasteiger partial charge < -0.3 is 34.7 Å². The van der Waals surface area contributed by atoms with Crippen LogP contribution >= 0.6 is 0 Å². The zero-order valence-electron chi connectivity index (χ0n) is 27.3. The molecule has 2 fully saturated rings. The lowest BCUT2D eigenvalue weighted by Gasteiger charge is -2.37. The first kappa shape index (κ1) is 36.3. The van der Waals surface area contributed by atoms with Gasteiger partial charge in [-0.2, -0.15) is 0 Å². The molecule has 13 nitrogen and oxygen atoms in total. The van der Waals surface area contributed by atoms with E-state index in [0.29, 0.717) is 13.1 Å². The van der Waals surface area contributed by atoms with E-state index in [-0.39, 0.29) is 69.1 Å². The van der Waals surface area contributed by atoms with Gasteiger partial charge in [-0.1, -0.05) is 30.3 Å². The van der Waals surface area contributed by atoms with Crippen LogP contribution in [0.3, 0.4) is 0 Å². The normalized spacial score (nSPS) is 18.0. The summed E-state index contributed by atoms with van der Waals surface area (Å²) in [6.45, 7) is 5.50. The Morgan fingerprint density at radius 2 is 1.77 bits per heavy atom. The first-order valence-electron chi connectivity index (χ1n) is 15.8. The third kappa shape index (κ3) is 9.73. The number of ether oxygens (including phenoxy) is 5. The van der Waals surface area contributed by atoms with Crippen LogP contribution in [-0.4, -0.2) is 79.4 Å². The number of ketones is 1. The van der Waals surface area contributed by atoms with Gasteiger partial charge in [0.1, 0.15) is 30.1 Å². The molecule has 3 N–H and O–H groups in total. The molecule has 0 aromatic heterocycles. The van der Waals surface area contributed by atoms with Crippen molar-refractivity contribution in [1.82, 2.24) is 5.32 Å². The van der Waals surface area contributed by atoms with Crippen LogP contribution in [0.15, 0.2) is 48.5 Å². The number of piperidine rings is 1. The molecule has 14 heteroatoms. The Labute approximate surface area is 278 Å². The van der Waals surface area contributed by atoms with E-state index in [9.17, 15) is 28.4 Å². The lowest BCUT2D eigenvalue weighted by Crippen LogP contribution is -2.53. The van der Waals surface area contributed by atoms with Crippen LogP contribution in [0.25, 0.3) is 0 Å². The topological polar surface area (TPSA) is 173 Å². The number of Topliss-reactive ketones (excluding diaryl/α,β-unsaturated/α-hetero) is 1. The van der Waals surface area contributed by atoms with Crippen molar-refractivity contribution in [2.24, 2.45) is 5.73 Å². The van der Waals surface area contributed by atoms with E-state index in [2.05, 4.69) is 5.32 Å². The molecule has 2 saturated heterocycles. The number of anilines is 1. The van der Waals surface area contributed by atoms with Crippen molar-refractivity contribution in [3.05, 3.63) is 59.9 Å². The highest BCUT2D eigenvalue weighted by molar-refractivity contribution is 5.91. The second-order valence-corrected chi connectivity index (χ2v) is 12.4. The molecule has 48 heavy (non-hydrogen) atoms. The minimum Gasteiger partial charge on any atom is -0.490 e. The maximum absolute atomic E-state index is 14.9. The minimum atomic E-state index is -1.53. The maximum atomic E-state index is 14.9. The van der Waals surface area contributed by atoms with Crippen LogP contribution in [-0.2, 0) is 44.7 Å². The van der Waals surface area contributed by atoms with Crippen molar-refractivity contribution in [3.63, 3.8) is 0 Å². The molecule has 0 spiro atoms. The highest BCUT2D eigenvalue weighted by Gasteiger charge is 2.47. The molecule has 4 rings (SSSR count). The van der Waals surface area contributed by atoms with Gasteiger partial charge in [0.2, 0.25) is 5.60 Å². The molecule has 2 aromatic carbocycles. The van der Waals surface area contributed by atoms with Crippen LogP contribution in [0.2, 0.25) is 0 Å². The number of amides is 1. The number of esters is 3. The zero-order chi connectivity index (χ0) is 34.9. The molecule has 0 aliphatic carbocycles. The molecular formula is C34H42FN3O10. The van der Waals surface area contributed by atoms with Gasteiger partial charge >= 0.3 is 24.0 Å². The van der Waals surface area contributed by atoms with Crippen LogP contribution in [0, 0.1) is 5.82 Å².